The van der Waals surface area contributed by atoms with Gasteiger partial charge >= 0.3 is 0 Å². The molecule has 0 aliphatic rings. The number of anilines is 1. The van der Waals surface area contributed by atoms with Crippen LogP contribution in [-0.2, 0) is 0 Å². The van der Waals surface area contributed by atoms with Crippen molar-refractivity contribution in [1.29, 1.82) is 5.26 Å². The van der Waals surface area contributed by atoms with Crippen LogP contribution < -0.4 is 11.1 Å². The lowest BCUT2D eigenvalue weighted by atomic mass is 10.1. The second kappa shape index (κ2) is 4.46. The summed E-state index contributed by atoms with van der Waals surface area (Å²) in [6.07, 6.45) is 0. The van der Waals surface area contributed by atoms with Gasteiger partial charge in [0.15, 0.2) is 0 Å². The summed E-state index contributed by atoms with van der Waals surface area (Å²) < 4.78 is 0. The van der Waals surface area contributed by atoms with Crippen molar-refractivity contribution in [3.8, 4) is 6.07 Å². The van der Waals surface area contributed by atoms with Gasteiger partial charge in [0.2, 0.25) is 0 Å². The summed E-state index contributed by atoms with van der Waals surface area (Å²) in [5, 5.41) is 13.1. The summed E-state index contributed by atoms with van der Waals surface area (Å²) >= 11 is 0. The van der Waals surface area contributed by atoms with E-state index in [0.29, 0.717) is 11.4 Å². The van der Waals surface area contributed by atoms with Crippen LogP contribution in [0.5, 0.6) is 0 Å². The molecule has 0 saturated carbocycles. The van der Waals surface area contributed by atoms with Crippen molar-refractivity contribution in [2.24, 2.45) is 5.73 Å². The van der Waals surface area contributed by atoms with E-state index in [9.17, 15) is 0 Å². The summed E-state index contributed by atoms with van der Waals surface area (Å²) in [7, 11) is 0. The van der Waals surface area contributed by atoms with Gasteiger partial charge in [-0.05, 0) is 32.4 Å². The van der Waals surface area contributed by atoms with Gasteiger partial charge in [0, 0.05) is 11.1 Å². The molecule has 2 aromatic rings. The molecular weight excluding hydrogens is 224 g/mol. The number of hydrogen-bond acceptors (Lipinski definition) is 3. The molecule has 0 atom stereocenters. The standard InChI is InChI=1S/C14H16N4/c1-8(7-15)14(16)18-12-6-4-5-11-9(2)10(3)17-13(11)12/h4-6,17-18H,16H2,1-3H3/b14-8+. The number of fused-ring (bicyclic) bond motifs is 1. The van der Waals surface area contributed by atoms with Gasteiger partial charge in [-0.15, -0.1) is 0 Å². The number of H-pyrrole nitrogens is 1. The van der Waals surface area contributed by atoms with E-state index in [1.54, 1.807) is 6.92 Å². The first-order chi connectivity index (χ1) is 8.54. The molecule has 0 aliphatic carbocycles. The van der Waals surface area contributed by atoms with Gasteiger partial charge < -0.3 is 16.0 Å². The van der Waals surface area contributed by atoms with Crippen LogP contribution in [0.15, 0.2) is 29.6 Å². The predicted octanol–water partition coefficient (Wildman–Crippen LogP) is 2.91. The van der Waals surface area contributed by atoms with Gasteiger partial charge in [0.1, 0.15) is 5.82 Å². The van der Waals surface area contributed by atoms with Crippen molar-refractivity contribution in [3.63, 3.8) is 0 Å². The monoisotopic (exact) mass is 240 g/mol. The number of para-hydroxylation sites is 1. The number of nitrogens with two attached hydrogens (primary N) is 1. The number of aryl methyl sites for hydroxylation is 2. The summed E-state index contributed by atoms with van der Waals surface area (Å²) in [4.78, 5) is 3.33. The van der Waals surface area contributed by atoms with E-state index in [1.165, 1.54) is 10.9 Å². The summed E-state index contributed by atoms with van der Waals surface area (Å²) in [5.41, 5.74) is 10.6. The minimum atomic E-state index is 0.384. The number of nitrogens with zero attached hydrogens (tertiary/aromatic N) is 1. The molecule has 0 unspecified atom stereocenters. The van der Waals surface area contributed by atoms with Gasteiger partial charge in [-0.2, -0.15) is 5.26 Å². The van der Waals surface area contributed by atoms with Gasteiger partial charge in [-0.1, -0.05) is 12.1 Å². The molecule has 1 aromatic heterocycles. The van der Waals surface area contributed by atoms with E-state index in [1.807, 2.05) is 25.1 Å². The fraction of sp³-hybridized carbons (Fsp3) is 0.214. The molecule has 0 fully saturated rings. The van der Waals surface area contributed by atoms with Crippen LogP contribution in [0.4, 0.5) is 5.69 Å². The normalized spacial score (nSPS) is 12.1. The highest BCUT2D eigenvalue weighted by molar-refractivity contribution is 5.94. The van der Waals surface area contributed by atoms with E-state index >= 15 is 0 Å². The van der Waals surface area contributed by atoms with Crippen molar-refractivity contribution in [2.75, 3.05) is 5.32 Å². The van der Waals surface area contributed by atoms with E-state index in [-0.39, 0.29) is 0 Å². The number of nitriles is 1. The zero-order chi connectivity index (χ0) is 13.3. The van der Waals surface area contributed by atoms with Crippen LogP contribution in [0.2, 0.25) is 0 Å². The Hall–Kier alpha value is -2.41. The van der Waals surface area contributed by atoms with Gasteiger partial charge in [-0.25, -0.2) is 0 Å². The second-order valence-electron chi connectivity index (χ2n) is 4.38. The Morgan fingerprint density at radius 2 is 2.11 bits per heavy atom. The number of aromatic amines is 1. The molecule has 0 radical (unpaired) electrons. The SMILES string of the molecule is C/C(C#N)=C(/N)Nc1cccc2c(C)c(C)[nH]c12. The molecule has 1 heterocycles. The first kappa shape index (κ1) is 12.1. The van der Waals surface area contributed by atoms with Crippen molar-refractivity contribution in [2.45, 2.75) is 20.8 Å². The molecule has 1 aromatic carbocycles. The molecule has 2 rings (SSSR count). The first-order valence-corrected chi connectivity index (χ1v) is 5.76. The van der Waals surface area contributed by atoms with Gasteiger partial charge in [0.25, 0.3) is 0 Å². The topological polar surface area (TPSA) is 77.6 Å². The Labute approximate surface area is 106 Å². The minimum Gasteiger partial charge on any atom is -0.384 e. The smallest absolute Gasteiger partial charge is 0.114 e. The average molecular weight is 240 g/mol. The van der Waals surface area contributed by atoms with Crippen molar-refractivity contribution in [1.82, 2.24) is 4.98 Å². The Kier molecular flexibility index (Phi) is 2.99. The number of nitrogens with one attached hydrogen (secondary N) is 2. The zero-order valence-corrected chi connectivity index (χ0v) is 10.8. The molecule has 0 amide bonds. The molecule has 92 valence electrons. The molecule has 4 N–H and O–H groups in total. The van der Waals surface area contributed by atoms with Crippen LogP contribution in [0.25, 0.3) is 10.9 Å². The maximum Gasteiger partial charge on any atom is 0.114 e. The van der Waals surface area contributed by atoms with Crippen molar-refractivity contribution in [3.05, 3.63) is 40.9 Å². The Morgan fingerprint density at radius 1 is 1.39 bits per heavy atom. The van der Waals surface area contributed by atoms with Gasteiger partial charge in [-0.3, -0.25) is 0 Å². The molecule has 18 heavy (non-hydrogen) atoms. The van der Waals surface area contributed by atoms with E-state index in [2.05, 4.69) is 23.3 Å². The van der Waals surface area contributed by atoms with Crippen LogP contribution in [0, 0.1) is 25.2 Å². The highest BCUT2D eigenvalue weighted by atomic mass is 15.0. The third kappa shape index (κ3) is 1.91. The fourth-order valence-electron chi connectivity index (χ4n) is 1.89. The highest BCUT2D eigenvalue weighted by Crippen LogP contribution is 2.27. The molecule has 0 saturated heterocycles. The highest BCUT2D eigenvalue weighted by Gasteiger charge is 2.08. The fourth-order valence-corrected chi connectivity index (χ4v) is 1.89. The van der Waals surface area contributed by atoms with Crippen molar-refractivity contribution < 1.29 is 0 Å². The van der Waals surface area contributed by atoms with Crippen LogP contribution >= 0.6 is 0 Å². The third-order valence-electron chi connectivity index (χ3n) is 3.18. The summed E-state index contributed by atoms with van der Waals surface area (Å²) in [6, 6.07) is 8.01. The second-order valence-corrected chi connectivity index (χ2v) is 4.38. The number of benzene rings is 1. The lowest BCUT2D eigenvalue weighted by Gasteiger charge is -2.08. The third-order valence-corrected chi connectivity index (χ3v) is 3.18. The van der Waals surface area contributed by atoms with Crippen LogP contribution in [-0.4, -0.2) is 4.98 Å². The number of hydrogen-bond donors (Lipinski definition) is 3. The van der Waals surface area contributed by atoms with E-state index in [4.69, 9.17) is 11.0 Å². The quantitative estimate of drug-likeness (QED) is 0.706. The summed E-state index contributed by atoms with van der Waals surface area (Å²) in [6.45, 7) is 5.81. The van der Waals surface area contributed by atoms with Gasteiger partial charge in [0.05, 0.1) is 22.8 Å². The largest absolute Gasteiger partial charge is 0.384 e. The Balaban J connectivity index is 2.54. The lowest BCUT2D eigenvalue weighted by Crippen LogP contribution is -2.11. The molecule has 0 bridgehead atoms. The average Bonchev–Trinajstić information content (AvgIpc) is 2.66. The molecule has 4 heteroatoms. The Bertz CT molecular complexity index is 671. The number of aromatic nitrogens is 1. The summed E-state index contributed by atoms with van der Waals surface area (Å²) in [5.74, 6) is 0.384. The molecular formula is C14H16N4. The Morgan fingerprint density at radius 3 is 2.78 bits per heavy atom. The maximum absolute atomic E-state index is 8.81. The van der Waals surface area contributed by atoms with Crippen LogP contribution in [0.1, 0.15) is 18.2 Å². The molecule has 4 nitrogen and oxygen atoms in total. The van der Waals surface area contributed by atoms with Crippen LogP contribution in [0.3, 0.4) is 0 Å². The van der Waals surface area contributed by atoms with E-state index < -0.39 is 0 Å². The zero-order valence-electron chi connectivity index (χ0n) is 10.8. The number of rotatable bonds is 2. The predicted molar refractivity (Wildman–Crippen MR) is 73.9 cm³/mol. The molecule has 0 aliphatic heterocycles. The number of allylic oxidation sites excluding steroid dienone is 1. The maximum atomic E-state index is 8.81. The van der Waals surface area contributed by atoms with Crippen molar-refractivity contribution >= 4 is 16.6 Å². The van der Waals surface area contributed by atoms with E-state index in [0.717, 1.165) is 16.9 Å². The molecule has 0 spiro atoms. The lowest BCUT2D eigenvalue weighted by molar-refractivity contribution is 1.23. The minimum absolute atomic E-state index is 0.384. The first-order valence-electron chi connectivity index (χ1n) is 5.76.